The lowest BCUT2D eigenvalue weighted by atomic mass is 10.0. The molecule has 0 aromatic carbocycles. The molecule has 2 nitrogen and oxygen atoms in total. The number of rotatable bonds is 4. The highest BCUT2D eigenvalue weighted by molar-refractivity contribution is 7.20. The predicted octanol–water partition coefficient (Wildman–Crippen LogP) is 4.59. The summed E-state index contributed by atoms with van der Waals surface area (Å²) in [4.78, 5) is 11.9. The molecule has 1 aliphatic rings. The molecule has 0 N–H and O–H groups in total. The van der Waals surface area contributed by atoms with Gasteiger partial charge in [0, 0.05) is 18.6 Å². The Hall–Kier alpha value is -0.0900. The van der Waals surface area contributed by atoms with Gasteiger partial charge >= 0.3 is 0 Å². The number of thiophene rings is 1. The van der Waals surface area contributed by atoms with Gasteiger partial charge in [0.15, 0.2) is 5.78 Å². The number of halogens is 2. The molecule has 0 bridgehead atoms. The lowest BCUT2D eigenvalue weighted by Gasteiger charge is -2.21. The summed E-state index contributed by atoms with van der Waals surface area (Å²) in [6.07, 6.45) is 4.90. The fourth-order valence-corrected chi connectivity index (χ4v) is 3.49. The Labute approximate surface area is 115 Å². The van der Waals surface area contributed by atoms with Crippen molar-refractivity contribution in [2.75, 3.05) is 6.61 Å². The molecule has 1 fully saturated rings. The first-order chi connectivity index (χ1) is 8.16. The van der Waals surface area contributed by atoms with Crippen molar-refractivity contribution >= 4 is 40.3 Å². The molecule has 1 aromatic heterocycles. The zero-order valence-corrected chi connectivity index (χ0v) is 11.7. The lowest BCUT2D eigenvalue weighted by Crippen LogP contribution is -2.19. The molecule has 1 atom stereocenters. The van der Waals surface area contributed by atoms with Crippen LogP contribution in [0, 0.1) is 0 Å². The number of carbonyl (C=O) groups is 1. The Balaban J connectivity index is 1.86. The summed E-state index contributed by atoms with van der Waals surface area (Å²) in [5, 5.41) is 0. The van der Waals surface area contributed by atoms with Crippen molar-refractivity contribution in [3.8, 4) is 0 Å². The maximum absolute atomic E-state index is 11.9. The van der Waals surface area contributed by atoms with Crippen LogP contribution in [0.2, 0.25) is 8.67 Å². The second kappa shape index (κ2) is 6.19. The average Bonchev–Trinajstić information content (AvgIpc) is 2.67. The molecular formula is C12H14Cl2O2S. The minimum Gasteiger partial charge on any atom is -0.378 e. The van der Waals surface area contributed by atoms with Crippen LogP contribution in [-0.2, 0) is 4.74 Å². The summed E-state index contributed by atoms with van der Waals surface area (Å²) in [5.74, 6) is 0.0623. The minimum absolute atomic E-state index is 0.0623. The molecule has 0 radical (unpaired) electrons. The zero-order valence-electron chi connectivity index (χ0n) is 9.38. The van der Waals surface area contributed by atoms with Crippen molar-refractivity contribution in [1.82, 2.24) is 0 Å². The van der Waals surface area contributed by atoms with Crippen LogP contribution < -0.4 is 0 Å². The SMILES string of the molecule is O=C(CCC1CCCCO1)c1cc(Cl)sc1Cl. The quantitative estimate of drug-likeness (QED) is 0.759. The molecule has 0 spiro atoms. The van der Waals surface area contributed by atoms with Crippen LogP contribution in [-0.4, -0.2) is 18.5 Å². The van der Waals surface area contributed by atoms with Crippen LogP contribution in [0.25, 0.3) is 0 Å². The fourth-order valence-electron chi connectivity index (χ4n) is 1.99. The summed E-state index contributed by atoms with van der Waals surface area (Å²) in [5.41, 5.74) is 0.553. The Morgan fingerprint density at radius 3 is 2.88 bits per heavy atom. The number of Topliss-reactive ketones (excluding diaryl/α,β-unsaturated/α-hetero) is 1. The van der Waals surface area contributed by atoms with E-state index in [1.807, 2.05) is 0 Å². The topological polar surface area (TPSA) is 26.3 Å². The van der Waals surface area contributed by atoms with E-state index in [2.05, 4.69) is 0 Å². The smallest absolute Gasteiger partial charge is 0.165 e. The third-order valence-corrected chi connectivity index (χ3v) is 4.41. The first-order valence-corrected chi connectivity index (χ1v) is 7.33. The molecule has 17 heavy (non-hydrogen) atoms. The summed E-state index contributed by atoms with van der Waals surface area (Å²) >= 11 is 13.0. The van der Waals surface area contributed by atoms with E-state index in [0.717, 1.165) is 25.9 Å². The van der Waals surface area contributed by atoms with Crippen molar-refractivity contribution in [2.24, 2.45) is 0 Å². The third-order valence-electron chi connectivity index (χ3n) is 2.92. The number of carbonyl (C=O) groups excluding carboxylic acids is 1. The van der Waals surface area contributed by atoms with Crippen LogP contribution in [0.1, 0.15) is 42.5 Å². The Bertz CT molecular complexity index is 397. The molecular weight excluding hydrogens is 279 g/mol. The van der Waals surface area contributed by atoms with Crippen LogP contribution >= 0.6 is 34.5 Å². The molecule has 2 heterocycles. The van der Waals surface area contributed by atoms with Gasteiger partial charge < -0.3 is 4.74 Å². The molecule has 0 amide bonds. The minimum atomic E-state index is 0.0623. The number of ketones is 1. The molecule has 2 rings (SSSR count). The maximum atomic E-state index is 11.9. The molecule has 1 aromatic rings. The molecule has 5 heteroatoms. The summed E-state index contributed by atoms with van der Waals surface area (Å²) < 4.78 is 6.64. The van der Waals surface area contributed by atoms with Crippen molar-refractivity contribution in [2.45, 2.75) is 38.2 Å². The second-order valence-electron chi connectivity index (χ2n) is 4.19. The lowest BCUT2D eigenvalue weighted by molar-refractivity contribution is 0.0104. The Kier molecular flexibility index (Phi) is 4.86. The van der Waals surface area contributed by atoms with Crippen molar-refractivity contribution in [3.05, 3.63) is 20.3 Å². The zero-order chi connectivity index (χ0) is 12.3. The predicted molar refractivity (Wildman–Crippen MR) is 71.5 cm³/mol. The monoisotopic (exact) mass is 292 g/mol. The third kappa shape index (κ3) is 3.68. The maximum Gasteiger partial charge on any atom is 0.165 e. The number of hydrogen-bond donors (Lipinski definition) is 0. The molecule has 1 unspecified atom stereocenters. The Morgan fingerprint density at radius 1 is 1.47 bits per heavy atom. The van der Waals surface area contributed by atoms with Gasteiger partial charge in [0.05, 0.1) is 10.4 Å². The van der Waals surface area contributed by atoms with Crippen LogP contribution in [0.15, 0.2) is 6.07 Å². The van der Waals surface area contributed by atoms with Gasteiger partial charge in [-0.2, -0.15) is 0 Å². The van der Waals surface area contributed by atoms with E-state index in [-0.39, 0.29) is 11.9 Å². The fraction of sp³-hybridized carbons (Fsp3) is 0.583. The van der Waals surface area contributed by atoms with Gasteiger partial charge in [0.25, 0.3) is 0 Å². The number of hydrogen-bond acceptors (Lipinski definition) is 3. The van der Waals surface area contributed by atoms with Gasteiger partial charge in [-0.25, -0.2) is 0 Å². The van der Waals surface area contributed by atoms with E-state index in [1.165, 1.54) is 17.8 Å². The summed E-state index contributed by atoms with van der Waals surface area (Å²) in [6, 6.07) is 1.65. The van der Waals surface area contributed by atoms with E-state index < -0.39 is 0 Å². The van der Waals surface area contributed by atoms with E-state index in [9.17, 15) is 4.79 Å². The van der Waals surface area contributed by atoms with E-state index in [0.29, 0.717) is 20.7 Å². The molecule has 1 aliphatic heterocycles. The van der Waals surface area contributed by atoms with Crippen molar-refractivity contribution < 1.29 is 9.53 Å². The first kappa shape index (κ1) is 13.3. The standard InChI is InChI=1S/C12H14Cl2O2S/c13-11-7-9(12(14)17-11)10(15)5-4-8-3-1-2-6-16-8/h7-8H,1-6H2. The highest BCUT2D eigenvalue weighted by Gasteiger charge is 2.18. The first-order valence-electron chi connectivity index (χ1n) is 5.76. The second-order valence-corrected chi connectivity index (χ2v) is 6.47. The van der Waals surface area contributed by atoms with Gasteiger partial charge in [0.2, 0.25) is 0 Å². The van der Waals surface area contributed by atoms with E-state index in [4.69, 9.17) is 27.9 Å². The van der Waals surface area contributed by atoms with Crippen LogP contribution in [0.4, 0.5) is 0 Å². The average molecular weight is 293 g/mol. The van der Waals surface area contributed by atoms with E-state index in [1.54, 1.807) is 6.07 Å². The van der Waals surface area contributed by atoms with Crippen molar-refractivity contribution in [1.29, 1.82) is 0 Å². The summed E-state index contributed by atoms with van der Waals surface area (Å²) in [7, 11) is 0. The van der Waals surface area contributed by atoms with Crippen LogP contribution in [0.3, 0.4) is 0 Å². The van der Waals surface area contributed by atoms with Gasteiger partial charge in [-0.15, -0.1) is 11.3 Å². The summed E-state index contributed by atoms with van der Waals surface area (Å²) in [6.45, 7) is 0.823. The highest BCUT2D eigenvalue weighted by atomic mass is 35.5. The van der Waals surface area contributed by atoms with Gasteiger partial charge in [-0.3, -0.25) is 4.79 Å². The normalized spacial score (nSPS) is 20.5. The molecule has 94 valence electrons. The Morgan fingerprint density at radius 2 is 2.29 bits per heavy atom. The van der Waals surface area contributed by atoms with E-state index >= 15 is 0 Å². The van der Waals surface area contributed by atoms with Gasteiger partial charge in [-0.05, 0) is 31.7 Å². The largest absolute Gasteiger partial charge is 0.378 e. The number of ether oxygens (including phenoxy) is 1. The van der Waals surface area contributed by atoms with Gasteiger partial charge in [-0.1, -0.05) is 23.2 Å². The van der Waals surface area contributed by atoms with Crippen molar-refractivity contribution in [3.63, 3.8) is 0 Å². The van der Waals surface area contributed by atoms with Gasteiger partial charge in [0.1, 0.15) is 4.34 Å². The highest BCUT2D eigenvalue weighted by Crippen LogP contribution is 2.32. The van der Waals surface area contributed by atoms with Crippen LogP contribution in [0.5, 0.6) is 0 Å². The molecule has 1 saturated heterocycles. The molecule has 0 saturated carbocycles. The molecule has 0 aliphatic carbocycles.